The molecule has 0 aliphatic carbocycles. The van der Waals surface area contributed by atoms with Crippen molar-refractivity contribution in [2.75, 3.05) is 38.6 Å². The summed E-state index contributed by atoms with van der Waals surface area (Å²) in [5.41, 5.74) is -0.403. The van der Waals surface area contributed by atoms with Crippen molar-refractivity contribution in [2.24, 2.45) is 0 Å². The number of nitrogens with zero attached hydrogens (tertiary/aromatic N) is 3. The Morgan fingerprint density at radius 1 is 1.32 bits per heavy atom. The molecule has 1 spiro atoms. The quantitative estimate of drug-likeness (QED) is 0.472. The van der Waals surface area contributed by atoms with Crippen LogP contribution in [-0.4, -0.2) is 71.7 Å². The van der Waals surface area contributed by atoms with E-state index in [0.29, 0.717) is 49.2 Å². The zero-order valence-corrected chi connectivity index (χ0v) is 23.8. The topological polar surface area (TPSA) is 84.0 Å². The molecular weight excluding hydrogens is 567 g/mol. The van der Waals surface area contributed by atoms with Gasteiger partial charge in [-0.1, -0.05) is 11.6 Å². The number of pyridine rings is 1. The maximum Gasteiger partial charge on any atom is 0.410 e. The van der Waals surface area contributed by atoms with Crippen molar-refractivity contribution in [3.63, 3.8) is 0 Å². The number of likely N-dealkylation sites (tertiary alicyclic amines) is 2. The summed E-state index contributed by atoms with van der Waals surface area (Å²) in [5, 5.41) is 3.65. The maximum atomic E-state index is 15.5. The third kappa shape index (κ3) is 4.65. The minimum absolute atomic E-state index is 0.0928. The van der Waals surface area contributed by atoms with Gasteiger partial charge < -0.3 is 24.6 Å². The molecule has 3 aliphatic heterocycles. The number of hydrogen-bond acceptors (Lipinski definition) is 6. The second kappa shape index (κ2) is 9.54. The van der Waals surface area contributed by atoms with Crippen LogP contribution in [0.2, 0.25) is 5.02 Å². The number of halogens is 3. The molecule has 2 fully saturated rings. The Morgan fingerprint density at radius 3 is 2.65 bits per heavy atom. The molecule has 8 nitrogen and oxygen atoms in total. The summed E-state index contributed by atoms with van der Waals surface area (Å²) in [6.07, 6.45) is 2.37. The fourth-order valence-corrected chi connectivity index (χ4v) is 6.08. The van der Waals surface area contributed by atoms with E-state index in [0.717, 1.165) is 19.4 Å². The summed E-state index contributed by atoms with van der Waals surface area (Å²) in [4.78, 5) is 34.6. The molecule has 4 heterocycles. The second-order valence-electron chi connectivity index (χ2n) is 11.1. The van der Waals surface area contributed by atoms with E-state index in [1.807, 2.05) is 27.8 Å². The van der Waals surface area contributed by atoms with Crippen molar-refractivity contribution in [2.45, 2.75) is 63.5 Å². The number of likely N-dealkylation sites (N-methyl/N-ethyl adjacent to an activating group) is 1. The lowest BCUT2D eigenvalue weighted by molar-refractivity contribution is -0.122. The van der Waals surface area contributed by atoms with Crippen molar-refractivity contribution in [3.8, 4) is 5.88 Å². The first-order valence-electron chi connectivity index (χ1n) is 12.6. The average Bonchev–Trinajstić information content (AvgIpc) is 3.36. The molecule has 1 aromatic heterocycles. The summed E-state index contributed by atoms with van der Waals surface area (Å²) in [5.74, 6) is -0.604. The van der Waals surface area contributed by atoms with E-state index in [4.69, 9.17) is 21.1 Å². The molecule has 1 aromatic carbocycles. The summed E-state index contributed by atoms with van der Waals surface area (Å²) in [6.45, 7) is 7.47. The summed E-state index contributed by atoms with van der Waals surface area (Å²) in [7, 11) is 2.05. The Morgan fingerprint density at radius 2 is 2.03 bits per heavy atom. The van der Waals surface area contributed by atoms with Gasteiger partial charge in [0, 0.05) is 30.1 Å². The van der Waals surface area contributed by atoms with Crippen LogP contribution in [0.15, 0.2) is 10.5 Å². The maximum absolute atomic E-state index is 15.5. The normalized spacial score (nSPS) is 21.4. The van der Waals surface area contributed by atoms with E-state index in [1.54, 1.807) is 11.0 Å². The van der Waals surface area contributed by atoms with E-state index in [1.165, 1.54) is 0 Å². The van der Waals surface area contributed by atoms with Crippen LogP contribution in [0.1, 0.15) is 52.0 Å². The van der Waals surface area contributed by atoms with Crippen molar-refractivity contribution >= 4 is 56.1 Å². The summed E-state index contributed by atoms with van der Waals surface area (Å²) < 4.78 is 27.3. The highest BCUT2D eigenvalue weighted by atomic mass is 79.9. The lowest BCUT2D eigenvalue weighted by Gasteiger charge is -2.38. The summed E-state index contributed by atoms with van der Waals surface area (Å²) >= 11 is 9.58. The predicted molar refractivity (Wildman–Crippen MR) is 143 cm³/mol. The molecule has 37 heavy (non-hydrogen) atoms. The van der Waals surface area contributed by atoms with Crippen molar-refractivity contribution in [1.29, 1.82) is 0 Å². The van der Waals surface area contributed by atoms with Gasteiger partial charge in [0.15, 0.2) is 5.82 Å². The Bertz CT molecular complexity index is 1280. The Hall–Kier alpha value is -2.17. The van der Waals surface area contributed by atoms with Gasteiger partial charge in [-0.05, 0) is 82.0 Å². The monoisotopic (exact) mass is 596 g/mol. The number of anilines is 1. The number of piperidine rings is 1. The van der Waals surface area contributed by atoms with Crippen LogP contribution >= 0.6 is 27.5 Å². The van der Waals surface area contributed by atoms with Crippen LogP contribution in [0.3, 0.4) is 0 Å². The standard InChI is InChI=1S/C26H31BrClFN4O4/c1-25(2,3)37-24(35)33-10-7-26(8-11-33)17-15-12-16(28)18(27)19(29)20(15)30-22(21(17)31-23(26)34)36-13-14-6-5-9-32(14)4/h12,14H,5-11,13H2,1-4H3,(H,31,34)/t14-/m0/s1. The average molecular weight is 598 g/mol. The summed E-state index contributed by atoms with van der Waals surface area (Å²) in [6, 6.07) is 1.87. The van der Waals surface area contributed by atoms with Crippen LogP contribution in [0.4, 0.5) is 14.9 Å². The van der Waals surface area contributed by atoms with Gasteiger partial charge in [0.1, 0.15) is 23.4 Å². The van der Waals surface area contributed by atoms with Crippen LogP contribution in [-0.2, 0) is 14.9 Å². The number of aromatic nitrogens is 1. The van der Waals surface area contributed by atoms with E-state index in [-0.39, 0.29) is 32.8 Å². The van der Waals surface area contributed by atoms with E-state index in [9.17, 15) is 9.59 Å². The Balaban J connectivity index is 1.55. The van der Waals surface area contributed by atoms with Crippen LogP contribution in [0.25, 0.3) is 10.9 Å². The minimum Gasteiger partial charge on any atom is -0.475 e. The van der Waals surface area contributed by atoms with Crippen LogP contribution in [0.5, 0.6) is 5.88 Å². The SMILES string of the molecule is CN1CCC[C@H]1COc1nc2c(F)c(Br)c(Cl)cc2c2c1NC(=O)C21CCN(C(=O)OC(C)(C)C)CC1. The lowest BCUT2D eigenvalue weighted by atomic mass is 9.72. The number of rotatable bonds is 3. The van der Waals surface area contributed by atoms with Crippen molar-refractivity contribution in [1.82, 2.24) is 14.8 Å². The molecular formula is C26H31BrClFN4O4. The molecule has 2 aromatic rings. The predicted octanol–water partition coefficient (Wildman–Crippen LogP) is 5.48. The number of ether oxygens (including phenoxy) is 2. The fraction of sp³-hybridized carbons (Fsp3) is 0.577. The first-order valence-corrected chi connectivity index (χ1v) is 13.7. The van der Waals surface area contributed by atoms with Crippen molar-refractivity contribution < 1.29 is 23.5 Å². The highest BCUT2D eigenvalue weighted by Crippen LogP contribution is 2.52. The number of amides is 2. The third-order valence-electron chi connectivity index (χ3n) is 7.59. The number of benzene rings is 1. The molecule has 0 saturated carbocycles. The molecule has 0 unspecified atom stereocenters. The lowest BCUT2D eigenvalue weighted by Crippen LogP contribution is -2.49. The molecule has 11 heteroatoms. The smallest absolute Gasteiger partial charge is 0.410 e. The Labute approximate surface area is 228 Å². The van der Waals surface area contributed by atoms with E-state index >= 15 is 4.39 Å². The minimum atomic E-state index is -0.971. The van der Waals surface area contributed by atoms with Crippen molar-refractivity contribution in [3.05, 3.63) is 26.9 Å². The molecule has 2 saturated heterocycles. The number of fused-ring (bicyclic) bond motifs is 4. The molecule has 5 rings (SSSR count). The van der Waals surface area contributed by atoms with Gasteiger partial charge in [-0.2, -0.15) is 0 Å². The first-order chi connectivity index (χ1) is 17.4. The van der Waals surface area contributed by atoms with Gasteiger partial charge in [-0.15, -0.1) is 0 Å². The van der Waals surface area contributed by atoms with Crippen LogP contribution < -0.4 is 10.1 Å². The van der Waals surface area contributed by atoms with Crippen LogP contribution in [0, 0.1) is 5.82 Å². The highest BCUT2D eigenvalue weighted by molar-refractivity contribution is 9.10. The molecule has 1 atom stereocenters. The molecule has 1 N–H and O–H groups in total. The molecule has 200 valence electrons. The van der Waals surface area contributed by atoms with Gasteiger partial charge in [0.25, 0.3) is 0 Å². The van der Waals surface area contributed by atoms with Gasteiger partial charge >= 0.3 is 6.09 Å². The number of carbonyl (C=O) groups excluding carboxylic acids is 2. The third-order valence-corrected chi connectivity index (χ3v) is 8.89. The van der Waals surface area contributed by atoms with E-state index in [2.05, 4.69) is 31.1 Å². The molecule has 0 radical (unpaired) electrons. The van der Waals surface area contributed by atoms with E-state index < -0.39 is 22.9 Å². The number of hydrogen-bond donors (Lipinski definition) is 1. The first kappa shape index (κ1) is 26.4. The van der Waals surface area contributed by atoms with Gasteiger partial charge in [-0.3, -0.25) is 4.79 Å². The highest BCUT2D eigenvalue weighted by Gasteiger charge is 2.52. The van der Waals surface area contributed by atoms with Gasteiger partial charge in [0.05, 0.1) is 14.9 Å². The molecule has 0 bridgehead atoms. The number of nitrogens with one attached hydrogen (secondary N) is 1. The molecule has 3 aliphatic rings. The zero-order chi connectivity index (χ0) is 26.7. The van der Waals surface area contributed by atoms with Gasteiger partial charge in [0.2, 0.25) is 11.8 Å². The largest absolute Gasteiger partial charge is 0.475 e. The zero-order valence-electron chi connectivity index (χ0n) is 21.4. The van der Waals surface area contributed by atoms with Gasteiger partial charge in [-0.25, -0.2) is 14.2 Å². The second-order valence-corrected chi connectivity index (χ2v) is 12.3. The molecule has 2 amide bonds. The fourth-order valence-electron chi connectivity index (χ4n) is 5.59. The Kier molecular flexibility index (Phi) is 6.82. The number of carbonyl (C=O) groups is 2.